The van der Waals surface area contributed by atoms with Crippen LogP contribution in [0.25, 0.3) is 10.2 Å². The number of pyridine rings is 1. The number of benzene rings is 2. The second-order valence-electron chi connectivity index (χ2n) is 9.02. The monoisotopic (exact) mass is 499 g/mol. The number of carbonyl (C=O) groups excluding carboxylic acids is 2. The first kappa shape index (κ1) is 22.5. The van der Waals surface area contributed by atoms with Gasteiger partial charge in [0.25, 0.3) is 5.91 Å². The summed E-state index contributed by atoms with van der Waals surface area (Å²) in [5, 5.41) is 6.78. The van der Waals surface area contributed by atoms with E-state index in [1.807, 2.05) is 54.6 Å². The van der Waals surface area contributed by atoms with Crippen molar-refractivity contribution in [2.75, 3.05) is 10.2 Å². The van der Waals surface area contributed by atoms with E-state index in [4.69, 9.17) is 10.5 Å². The third kappa shape index (κ3) is 4.06. The van der Waals surface area contributed by atoms with Crippen LogP contribution >= 0.6 is 11.3 Å². The van der Waals surface area contributed by atoms with Gasteiger partial charge in [-0.15, -0.1) is 11.3 Å². The maximum atomic E-state index is 13.3. The Hall–Kier alpha value is -3.95. The van der Waals surface area contributed by atoms with Crippen molar-refractivity contribution >= 4 is 50.6 Å². The molecule has 4 N–H and O–H groups in total. The highest BCUT2D eigenvalue weighted by Crippen LogP contribution is 2.46. The average Bonchev–Trinajstić information content (AvgIpc) is 3.26. The molecule has 3 amide bonds. The predicted molar refractivity (Wildman–Crippen MR) is 141 cm³/mol. The number of anilines is 3. The van der Waals surface area contributed by atoms with E-state index in [1.165, 1.54) is 11.3 Å². The molecule has 4 aromatic rings. The first-order chi connectivity index (χ1) is 17.6. The molecule has 2 aliphatic rings. The summed E-state index contributed by atoms with van der Waals surface area (Å²) in [5.41, 5.74) is 8.10. The van der Waals surface area contributed by atoms with Crippen LogP contribution in [0.3, 0.4) is 0 Å². The maximum Gasteiger partial charge on any atom is 0.331 e. The fourth-order valence-electron chi connectivity index (χ4n) is 4.86. The molecule has 182 valence electrons. The average molecular weight is 500 g/mol. The van der Waals surface area contributed by atoms with Gasteiger partial charge in [0.15, 0.2) is 0 Å². The minimum atomic E-state index is -0.339. The molecule has 1 saturated carbocycles. The Labute approximate surface area is 212 Å². The summed E-state index contributed by atoms with van der Waals surface area (Å²) in [7, 11) is 0. The smallest absolute Gasteiger partial charge is 0.331 e. The molecule has 2 aromatic carbocycles. The Morgan fingerprint density at radius 2 is 1.81 bits per heavy atom. The maximum absolute atomic E-state index is 13.3. The quantitative estimate of drug-likeness (QED) is 0.323. The van der Waals surface area contributed by atoms with E-state index in [-0.39, 0.29) is 24.0 Å². The van der Waals surface area contributed by atoms with E-state index in [1.54, 1.807) is 17.2 Å². The van der Waals surface area contributed by atoms with Crippen LogP contribution in [0.5, 0.6) is 11.5 Å². The third-order valence-electron chi connectivity index (χ3n) is 6.66. The molecule has 2 atom stereocenters. The molecule has 0 saturated heterocycles. The second-order valence-corrected chi connectivity index (χ2v) is 10.0. The molecule has 2 unspecified atom stereocenters. The van der Waals surface area contributed by atoms with Crippen LogP contribution in [0.4, 0.5) is 21.9 Å². The lowest BCUT2D eigenvalue weighted by atomic mass is 9.91. The number of hydrogen-bond acceptors (Lipinski definition) is 6. The molecular formula is C27H25N5O3S. The number of thiophene rings is 1. The fraction of sp³-hybridized carbons (Fsp3) is 0.222. The van der Waals surface area contributed by atoms with Gasteiger partial charge in [-0.2, -0.15) is 0 Å². The van der Waals surface area contributed by atoms with Crippen molar-refractivity contribution in [1.29, 1.82) is 0 Å². The molecule has 9 heteroatoms. The van der Waals surface area contributed by atoms with E-state index < -0.39 is 0 Å². The Morgan fingerprint density at radius 1 is 1.06 bits per heavy atom. The van der Waals surface area contributed by atoms with Crippen LogP contribution < -0.4 is 26.0 Å². The number of urea groups is 1. The van der Waals surface area contributed by atoms with Crippen molar-refractivity contribution < 1.29 is 14.3 Å². The molecular weight excluding hydrogens is 474 g/mol. The summed E-state index contributed by atoms with van der Waals surface area (Å²) in [4.78, 5) is 33.7. The number of carbonyl (C=O) groups is 2. The van der Waals surface area contributed by atoms with Crippen molar-refractivity contribution in [1.82, 2.24) is 10.3 Å². The summed E-state index contributed by atoms with van der Waals surface area (Å²) in [6.07, 6.45) is 5.55. The van der Waals surface area contributed by atoms with E-state index in [9.17, 15) is 9.59 Å². The van der Waals surface area contributed by atoms with E-state index in [0.29, 0.717) is 32.5 Å². The topological polar surface area (TPSA) is 110 Å². The van der Waals surface area contributed by atoms with Gasteiger partial charge in [-0.1, -0.05) is 31.0 Å². The van der Waals surface area contributed by atoms with Crippen molar-refractivity contribution in [3.63, 3.8) is 0 Å². The zero-order valence-corrected chi connectivity index (χ0v) is 20.3. The summed E-state index contributed by atoms with van der Waals surface area (Å²) >= 11 is 1.28. The number of nitrogens with zero attached hydrogens (tertiary/aromatic N) is 2. The van der Waals surface area contributed by atoms with Crippen molar-refractivity contribution in [2.24, 2.45) is 5.73 Å². The zero-order valence-electron chi connectivity index (χ0n) is 19.4. The number of para-hydroxylation sites is 1. The molecule has 1 aliphatic heterocycles. The van der Waals surface area contributed by atoms with Crippen molar-refractivity contribution in [3.8, 4) is 11.5 Å². The lowest BCUT2D eigenvalue weighted by Gasteiger charge is -2.30. The summed E-state index contributed by atoms with van der Waals surface area (Å²) in [6.45, 7) is 0. The standard InChI is InChI=1S/C27H25N5O3S/c28-19-8-4-5-9-20(19)30-25(33)24-23-22-21(14-15-29-26(22)36-24)32(27(34)31-23)16-10-12-18(13-11-16)35-17-6-2-1-3-7-17/h1-3,6-7,10-15,19-20H,4-5,8-9,28H2,(H,30,33)(H,31,34). The number of aromatic nitrogens is 1. The largest absolute Gasteiger partial charge is 0.457 e. The van der Waals surface area contributed by atoms with Crippen LogP contribution in [-0.2, 0) is 0 Å². The van der Waals surface area contributed by atoms with Gasteiger partial charge in [-0.25, -0.2) is 9.78 Å². The normalized spacial score (nSPS) is 19.1. The molecule has 36 heavy (non-hydrogen) atoms. The molecule has 1 aliphatic carbocycles. The predicted octanol–water partition coefficient (Wildman–Crippen LogP) is 5.77. The fourth-order valence-corrected chi connectivity index (χ4v) is 5.88. The molecule has 1 fully saturated rings. The number of rotatable bonds is 5. The molecule has 0 bridgehead atoms. The summed E-state index contributed by atoms with van der Waals surface area (Å²) < 4.78 is 5.88. The van der Waals surface area contributed by atoms with E-state index in [0.717, 1.165) is 36.8 Å². The SMILES string of the molecule is NC1CCCCC1NC(=O)c1sc2nccc3c2c1NC(=O)N3c1ccc(Oc2ccccc2)cc1. The van der Waals surface area contributed by atoms with Crippen molar-refractivity contribution in [3.05, 3.63) is 71.7 Å². The summed E-state index contributed by atoms with van der Waals surface area (Å²) in [5.74, 6) is 1.18. The van der Waals surface area contributed by atoms with Gasteiger partial charge >= 0.3 is 6.03 Å². The van der Waals surface area contributed by atoms with Crippen LogP contribution in [0.1, 0.15) is 35.4 Å². The highest BCUT2D eigenvalue weighted by molar-refractivity contribution is 7.21. The minimum Gasteiger partial charge on any atom is -0.457 e. The Bertz CT molecular complexity index is 1440. The molecule has 8 nitrogen and oxygen atoms in total. The van der Waals surface area contributed by atoms with Gasteiger partial charge in [0.05, 0.1) is 22.4 Å². The van der Waals surface area contributed by atoms with Crippen LogP contribution in [-0.4, -0.2) is 29.0 Å². The Morgan fingerprint density at radius 3 is 2.58 bits per heavy atom. The van der Waals surface area contributed by atoms with Gasteiger partial charge < -0.3 is 21.1 Å². The number of nitrogens with two attached hydrogens (primary N) is 1. The Balaban J connectivity index is 1.31. The molecule has 3 heterocycles. The van der Waals surface area contributed by atoms with Crippen LogP contribution in [0.15, 0.2) is 66.9 Å². The number of nitrogens with one attached hydrogen (secondary N) is 2. The highest BCUT2D eigenvalue weighted by atomic mass is 32.1. The van der Waals surface area contributed by atoms with Gasteiger partial charge in [-0.05, 0) is 55.3 Å². The number of amides is 3. The molecule has 0 radical (unpaired) electrons. The molecule has 0 spiro atoms. The van der Waals surface area contributed by atoms with Gasteiger partial charge in [0, 0.05) is 18.3 Å². The summed E-state index contributed by atoms with van der Waals surface area (Å²) in [6, 6.07) is 18.2. The van der Waals surface area contributed by atoms with Gasteiger partial charge in [0.2, 0.25) is 0 Å². The lowest BCUT2D eigenvalue weighted by molar-refractivity contribution is 0.0926. The lowest BCUT2D eigenvalue weighted by Crippen LogP contribution is -2.49. The Kier molecular flexibility index (Phi) is 5.79. The van der Waals surface area contributed by atoms with Gasteiger partial charge in [0.1, 0.15) is 21.2 Å². The van der Waals surface area contributed by atoms with E-state index >= 15 is 0 Å². The van der Waals surface area contributed by atoms with Crippen LogP contribution in [0.2, 0.25) is 0 Å². The van der Waals surface area contributed by atoms with Crippen LogP contribution in [0, 0.1) is 0 Å². The first-order valence-corrected chi connectivity index (χ1v) is 12.8. The highest BCUT2D eigenvalue weighted by Gasteiger charge is 2.33. The van der Waals surface area contributed by atoms with Gasteiger partial charge in [-0.3, -0.25) is 9.69 Å². The zero-order chi connectivity index (χ0) is 24.6. The number of ether oxygens (including phenoxy) is 1. The second kappa shape index (κ2) is 9.25. The number of hydrogen-bond donors (Lipinski definition) is 3. The minimum absolute atomic E-state index is 0.0546. The third-order valence-corrected chi connectivity index (χ3v) is 7.76. The first-order valence-electron chi connectivity index (χ1n) is 12.0. The molecule has 6 rings (SSSR count). The van der Waals surface area contributed by atoms with Crippen molar-refractivity contribution in [2.45, 2.75) is 37.8 Å². The van der Waals surface area contributed by atoms with E-state index in [2.05, 4.69) is 15.6 Å². The molecule has 2 aromatic heterocycles.